The first-order valence-electron chi connectivity index (χ1n) is 12.6. The SMILES string of the molecule is CCCCCCCCCC/C=C/CCCCCCCCO[Si](C)(C)C(C)(C)C. The van der Waals surface area contributed by atoms with Gasteiger partial charge in [0.2, 0.25) is 0 Å². The van der Waals surface area contributed by atoms with Crippen LogP contribution in [-0.2, 0) is 4.43 Å². The van der Waals surface area contributed by atoms with Crippen molar-refractivity contribution in [1.82, 2.24) is 0 Å². The minimum Gasteiger partial charge on any atom is -0.417 e. The second-order valence-corrected chi connectivity index (χ2v) is 15.1. The van der Waals surface area contributed by atoms with Crippen molar-refractivity contribution in [2.75, 3.05) is 6.61 Å². The Balaban J connectivity index is 3.28. The maximum Gasteiger partial charge on any atom is 0.191 e. The molecule has 168 valence electrons. The van der Waals surface area contributed by atoms with E-state index in [4.69, 9.17) is 4.43 Å². The summed E-state index contributed by atoms with van der Waals surface area (Å²) in [6.07, 6.45) is 26.9. The molecule has 0 saturated carbocycles. The van der Waals surface area contributed by atoms with Crippen molar-refractivity contribution in [2.45, 2.75) is 149 Å². The molecule has 28 heavy (non-hydrogen) atoms. The van der Waals surface area contributed by atoms with Crippen LogP contribution in [0.2, 0.25) is 18.1 Å². The normalized spacial score (nSPS) is 12.9. The summed E-state index contributed by atoms with van der Waals surface area (Å²) >= 11 is 0. The monoisotopic (exact) mass is 410 g/mol. The van der Waals surface area contributed by atoms with Crippen molar-refractivity contribution in [3.8, 4) is 0 Å². The highest BCUT2D eigenvalue weighted by Gasteiger charge is 2.36. The lowest BCUT2D eigenvalue weighted by Crippen LogP contribution is -2.40. The van der Waals surface area contributed by atoms with Crippen LogP contribution in [0.25, 0.3) is 0 Å². The Morgan fingerprint density at radius 3 is 1.43 bits per heavy atom. The fourth-order valence-corrected chi connectivity index (χ4v) is 4.33. The minimum atomic E-state index is -1.52. The van der Waals surface area contributed by atoms with Crippen LogP contribution in [0.1, 0.15) is 130 Å². The molecule has 0 aliphatic heterocycles. The van der Waals surface area contributed by atoms with E-state index in [1.807, 2.05) is 0 Å². The molecule has 0 N–H and O–H groups in total. The third kappa shape index (κ3) is 16.8. The van der Waals surface area contributed by atoms with E-state index in [-0.39, 0.29) is 0 Å². The molecule has 0 unspecified atom stereocenters. The van der Waals surface area contributed by atoms with Gasteiger partial charge in [-0.25, -0.2) is 0 Å². The Morgan fingerprint density at radius 2 is 1.00 bits per heavy atom. The Bertz CT molecular complexity index is 354. The zero-order chi connectivity index (χ0) is 21.1. The van der Waals surface area contributed by atoms with Gasteiger partial charge in [0.1, 0.15) is 0 Å². The number of allylic oxidation sites excluding steroid dienone is 2. The molecule has 2 heteroatoms. The molecule has 0 bridgehead atoms. The maximum absolute atomic E-state index is 6.25. The van der Waals surface area contributed by atoms with E-state index in [0.29, 0.717) is 5.04 Å². The quantitative estimate of drug-likeness (QED) is 0.117. The molecule has 0 rings (SSSR count). The molecule has 0 amide bonds. The summed E-state index contributed by atoms with van der Waals surface area (Å²) in [5.41, 5.74) is 0. The zero-order valence-corrected chi connectivity index (χ0v) is 21.6. The van der Waals surface area contributed by atoms with E-state index in [1.54, 1.807) is 0 Å². The van der Waals surface area contributed by atoms with Gasteiger partial charge in [0, 0.05) is 6.61 Å². The molecule has 1 nitrogen and oxygen atoms in total. The van der Waals surface area contributed by atoms with Gasteiger partial charge in [-0.2, -0.15) is 0 Å². The van der Waals surface area contributed by atoms with Gasteiger partial charge in [-0.1, -0.05) is 110 Å². The lowest BCUT2D eigenvalue weighted by molar-refractivity contribution is 0.277. The lowest BCUT2D eigenvalue weighted by atomic mass is 10.1. The summed E-state index contributed by atoms with van der Waals surface area (Å²) in [6, 6.07) is 0. The van der Waals surface area contributed by atoms with Gasteiger partial charge < -0.3 is 4.43 Å². The first kappa shape index (κ1) is 27.9. The van der Waals surface area contributed by atoms with E-state index in [9.17, 15) is 0 Å². The van der Waals surface area contributed by atoms with Crippen LogP contribution in [0, 0.1) is 0 Å². The van der Waals surface area contributed by atoms with Gasteiger partial charge in [0.05, 0.1) is 0 Å². The molecule has 0 aliphatic rings. The first-order valence-corrected chi connectivity index (χ1v) is 15.5. The summed E-state index contributed by atoms with van der Waals surface area (Å²) in [5, 5.41) is 0.342. The largest absolute Gasteiger partial charge is 0.417 e. The van der Waals surface area contributed by atoms with Crippen LogP contribution in [-0.4, -0.2) is 14.9 Å². The van der Waals surface area contributed by atoms with Gasteiger partial charge in [-0.05, 0) is 50.2 Å². The fourth-order valence-electron chi connectivity index (χ4n) is 3.25. The Morgan fingerprint density at radius 1 is 0.607 bits per heavy atom. The molecule has 0 heterocycles. The second-order valence-electron chi connectivity index (χ2n) is 10.3. The highest BCUT2D eigenvalue weighted by Crippen LogP contribution is 2.36. The van der Waals surface area contributed by atoms with Gasteiger partial charge in [-0.15, -0.1) is 0 Å². The number of rotatable bonds is 19. The maximum atomic E-state index is 6.25. The Hall–Kier alpha value is -0.0831. The standard InChI is InChI=1S/C26H54OSi/c1-7-8-9-10-11-12-13-14-15-16-17-18-19-20-21-22-23-24-25-27-28(5,6)26(2,3)4/h16-17H,7-15,18-25H2,1-6H3/b17-16+. The Kier molecular flexibility index (Phi) is 17.7. The summed E-state index contributed by atoms with van der Waals surface area (Å²) in [4.78, 5) is 0. The molecule has 0 atom stereocenters. The van der Waals surface area contributed by atoms with Crippen molar-refractivity contribution in [2.24, 2.45) is 0 Å². The molecule has 0 spiro atoms. The number of unbranched alkanes of at least 4 members (excludes halogenated alkanes) is 14. The summed E-state index contributed by atoms with van der Waals surface area (Å²) < 4.78 is 6.25. The van der Waals surface area contributed by atoms with Crippen molar-refractivity contribution >= 4 is 8.32 Å². The van der Waals surface area contributed by atoms with Crippen molar-refractivity contribution < 1.29 is 4.43 Å². The van der Waals surface area contributed by atoms with Crippen LogP contribution < -0.4 is 0 Å². The van der Waals surface area contributed by atoms with Crippen molar-refractivity contribution in [3.05, 3.63) is 12.2 Å². The van der Waals surface area contributed by atoms with Crippen LogP contribution in [0.5, 0.6) is 0 Å². The van der Waals surface area contributed by atoms with Crippen LogP contribution in [0.15, 0.2) is 12.2 Å². The molecule has 0 aromatic rings. The summed E-state index contributed by atoms with van der Waals surface area (Å²) in [6.45, 7) is 14.9. The molecule has 0 saturated heterocycles. The Labute approximate surface area is 180 Å². The minimum absolute atomic E-state index is 0.342. The van der Waals surface area contributed by atoms with E-state index in [0.717, 1.165) is 6.61 Å². The highest BCUT2D eigenvalue weighted by molar-refractivity contribution is 6.74. The van der Waals surface area contributed by atoms with Crippen LogP contribution >= 0.6 is 0 Å². The molecule has 0 aliphatic carbocycles. The van der Waals surface area contributed by atoms with Crippen LogP contribution in [0.4, 0.5) is 0 Å². The predicted molar refractivity (Wildman–Crippen MR) is 132 cm³/mol. The second kappa shape index (κ2) is 17.7. The van der Waals surface area contributed by atoms with E-state index in [1.165, 1.54) is 103 Å². The molecule has 0 fully saturated rings. The van der Waals surface area contributed by atoms with E-state index in [2.05, 4.69) is 52.9 Å². The molecular weight excluding hydrogens is 356 g/mol. The van der Waals surface area contributed by atoms with E-state index < -0.39 is 8.32 Å². The van der Waals surface area contributed by atoms with Crippen molar-refractivity contribution in [1.29, 1.82) is 0 Å². The summed E-state index contributed by atoms with van der Waals surface area (Å²) in [5.74, 6) is 0. The number of hydrogen-bond donors (Lipinski definition) is 0. The van der Waals surface area contributed by atoms with Gasteiger partial charge >= 0.3 is 0 Å². The fraction of sp³-hybridized carbons (Fsp3) is 0.923. The van der Waals surface area contributed by atoms with Crippen molar-refractivity contribution in [3.63, 3.8) is 0 Å². The molecule has 0 radical (unpaired) electrons. The van der Waals surface area contributed by atoms with Gasteiger partial charge in [0.15, 0.2) is 8.32 Å². The third-order valence-electron chi connectivity index (χ3n) is 6.43. The van der Waals surface area contributed by atoms with E-state index >= 15 is 0 Å². The third-order valence-corrected chi connectivity index (χ3v) is 11.0. The van der Waals surface area contributed by atoms with Gasteiger partial charge in [-0.3, -0.25) is 0 Å². The topological polar surface area (TPSA) is 9.23 Å². The average Bonchev–Trinajstić information content (AvgIpc) is 2.62. The number of hydrogen-bond acceptors (Lipinski definition) is 1. The van der Waals surface area contributed by atoms with Gasteiger partial charge in [0.25, 0.3) is 0 Å². The van der Waals surface area contributed by atoms with Crippen LogP contribution in [0.3, 0.4) is 0 Å². The predicted octanol–water partition coefficient (Wildman–Crippen LogP) is 9.83. The highest BCUT2D eigenvalue weighted by atomic mass is 28.4. The molecular formula is C26H54OSi. The molecule has 0 aromatic heterocycles. The average molecular weight is 411 g/mol. The molecule has 0 aromatic carbocycles. The summed E-state index contributed by atoms with van der Waals surface area (Å²) in [7, 11) is -1.52. The smallest absolute Gasteiger partial charge is 0.191 e. The zero-order valence-electron chi connectivity index (χ0n) is 20.6. The lowest BCUT2D eigenvalue weighted by Gasteiger charge is -2.36. The first-order chi connectivity index (χ1) is 13.3.